The predicted octanol–water partition coefficient (Wildman–Crippen LogP) is 3.91. The van der Waals surface area contributed by atoms with Crippen molar-refractivity contribution in [3.63, 3.8) is 0 Å². The number of nitrogens with one attached hydrogen (secondary N) is 1. The van der Waals surface area contributed by atoms with Crippen molar-refractivity contribution in [2.75, 3.05) is 4.90 Å². The Morgan fingerprint density at radius 1 is 1.04 bits per heavy atom. The molecule has 2 atom stereocenters. The second-order valence-electron chi connectivity index (χ2n) is 6.38. The first kappa shape index (κ1) is 15.8. The van der Waals surface area contributed by atoms with Crippen molar-refractivity contribution in [2.24, 2.45) is 7.05 Å². The van der Waals surface area contributed by atoms with Crippen LogP contribution in [0.5, 0.6) is 0 Å². The highest BCUT2D eigenvalue weighted by molar-refractivity contribution is 7.80. The number of rotatable bonds is 3. The van der Waals surface area contributed by atoms with E-state index in [0.29, 0.717) is 0 Å². The number of nitrogens with zero attached hydrogens (tertiary/aromatic N) is 3. The maximum atomic E-state index is 5.70. The van der Waals surface area contributed by atoms with Gasteiger partial charge in [-0.2, -0.15) is 0 Å². The van der Waals surface area contributed by atoms with Crippen LogP contribution in [-0.4, -0.2) is 14.7 Å². The van der Waals surface area contributed by atoms with E-state index in [4.69, 9.17) is 12.2 Å². The molecular weight excluding hydrogens is 328 g/mol. The van der Waals surface area contributed by atoms with Crippen LogP contribution in [0.15, 0.2) is 67.0 Å². The number of hydrogen-bond donors (Lipinski definition) is 1. The molecule has 1 fully saturated rings. The fourth-order valence-corrected chi connectivity index (χ4v) is 3.77. The van der Waals surface area contributed by atoms with Crippen LogP contribution in [0, 0.1) is 6.92 Å². The normalized spacial score (nSPS) is 19.9. The van der Waals surface area contributed by atoms with Gasteiger partial charge >= 0.3 is 0 Å². The summed E-state index contributed by atoms with van der Waals surface area (Å²) in [7, 11) is 2.07. The minimum absolute atomic E-state index is 0.00334. The summed E-state index contributed by atoms with van der Waals surface area (Å²) < 4.78 is 2.15. The van der Waals surface area contributed by atoms with Gasteiger partial charge in [0.1, 0.15) is 6.04 Å². The molecule has 0 unspecified atom stereocenters. The lowest BCUT2D eigenvalue weighted by atomic mass is 10.0. The van der Waals surface area contributed by atoms with Gasteiger partial charge in [-0.05, 0) is 55.5 Å². The smallest absolute Gasteiger partial charge is 0.174 e. The maximum Gasteiger partial charge on any atom is 0.174 e. The molecule has 1 aromatic carbocycles. The number of benzene rings is 1. The van der Waals surface area contributed by atoms with E-state index in [1.807, 2.05) is 18.3 Å². The standard InChI is InChI=1S/C20H20N4S/c1-14-8-10-15(11-9-14)24-19(17-7-5-13-23(17)2)18(22-20(24)25)16-6-3-4-12-21-16/h3-13,18-19H,1-2H3,(H,22,25)/t18-,19-/m1/s1. The molecule has 3 heterocycles. The monoisotopic (exact) mass is 348 g/mol. The molecule has 1 N–H and O–H groups in total. The number of aryl methyl sites for hydroxylation is 2. The molecule has 5 heteroatoms. The van der Waals surface area contributed by atoms with Crippen LogP contribution in [0.1, 0.15) is 29.0 Å². The minimum atomic E-state index is 0.00334. The molecule has 0 aliphatic carbocycles. The molecule has 2 aromatic heterocycles. The molecule has 3 aromatic rings. The van der Waals surface area contributed by atoms with Gasteiger partial charge < -0.3 is 14.8 Å². The van der Waals surface area contributed by atoms with Gasteiger partial charge in [0.15, 0.2) is 5.11 Å². The van der Waals surface area contributed by atoms with Gasteiger partial charge in [0.05, 0.1) is 11.7 Å². The summed E-state index contributed by atoms with van der Waals surface area (Å²) in [5, 5.41) is 4.21. The zero-order chi connectivity index (χ0) is 17.4. The van der Waals surface area contributed by atoms with E-state index < -0.39 is 0 Å². The van der Waals surface area contributed by atoms with Crippen molar-refractivity contribution in [1.82, 2.24) is 14.9 Å². The van der Waals surface area contributed by atoms with Crippen LogP contribution in [0.3, 0.4) is 0 Å². The highest BCUT2D eigenvalue weighted by Gasteiger charge is 2.41. The van der Waals surface area contributed by atoms with Crippen molar-refractivity contribution >= 4 is 23.0 Å². The van der Waals surface area contributed by atoms with Crippen LogP contribution < -0.4 is 10.2 Å². The topological polar surface area (TPSA) is 33.1 Å². The van der Waals surface area contributed by atoms with Crippen LogP contribution in [0.2, 0.25) is 0 Å². The number of pyridine rings is 1. The van der Waals surface area contributed by atoms with E-state index in [9.17, 15) is 0 Å². The molecule has 4 rings (SSSR count). The SMILES string of the molecule is Cc1ccc(N2C(=S)N[C@H](c3ccccn3)[C@H]2c2cccn2C)cc1. The van der Waals surface area contributed by atoms with Crippen LogP contribution in [-0.2, 0) is 7.05 Å². The van der Waals surface area contributed by atoms with E-state index in [1.165, 1.54) is 11.3 Å². The number of thiocarbonyl (C=S) groups is 1. The van der Waals surface area contributed by atoms with Gasteiger partial charge in [-0.1, -0.05) is 23.8 Å². The lowest BCUT2D eigenvalue weighted by Crippen LogP contribution is -2.30. The van der Waals surface area contributed by atoms with Crippen LogP contribution in [0.25, 0.3) is 0 Å². The summed E-state index contributed by atoms with van der Waals surface area (Å²) in [6.07, 6.45) is 3.90. The van der Waals surface area contributed by atoms with Gasteiger partial charge in [0.2, 0.25) is 0 Å². The molecular formula is C20H20N4S. The summed E-state index contributed by atoms with van der Waals surface area (Å²) in [6.45, 7) is 2.09. The molecule has 1 aliphatic heterocycles. The zero-order valence-electron chi connectivity index (χ0n) is 14.3. The van der Waals surface area contributed by atoms with Crippen LogP contribution in [0.4, 0.5) is 5.69 Å². The van der Waals surface area contributed by atoms with Gasteiger partial charge in [-0.15, -0.1) is 0 Å². The third-order valence-electron chi connectivity index (χ3n) is 4.70. The van der Waals surface area contributed by atoms with Gasteiger partial charge in [0.25, 0.3) is 0 Å². The summed E-state index contributed by atoms with van der Waals surface area (Å²) in [5.41, 5.74) is 4.51. The highest BCUT2D eigenvalue weighted by atomic mass is 32.1. The summed E-state index contributed by atoms with van der Waals surface area (Å²) in [6, 6.07) is 18.8. The van der Waals surface area contributed by atoms with E-state index in [2.05, 4.69) is 82.4 Å². The van der Waals surface area contributed by atoms with Gasteiger partial charge in [-0.3, -0.25) is 4.98 Å². The molecule has 25 heavy (non-hydrogen) atoms. The van der Waals surface area contributed by atoms with E-state index in [0.717, 1.165) is 16.5 Å². The lowest BCUT2D eigenvalue weighted by molar-refractivity contribution is 0.541. The Hall–Kier alpha value is -2.66. The molecule has 0 amide bonds. The number of aromatic nitrogens is 2. The van der Waals surface area contributed by atoms with Crippen molar-refractivity contribution in [3.8, 4) is 0 Å². The molecule has 0 bridgehead atoms. The Kier molecular flexibility index (Phi) is 4.01. The molecule has 0 spiro atoms. The molecule has 1 aliphatic rings. The van der Waals surface area contributed by atoms with E-state index in [1.54, 1.807) is 0 Å². The Labute approximate surface area is 153 Å². The largest absolute Gasteiger partial charge is 0.353 e. The van der Waals surface area contributed by atoms with Crippen molar-refractivity contribution in [2.45, 2.75) is 19.0 Å². The fraction of sp³-hybridized carbons (Fsp3) is 0.200. The Morgan fingerprint density at radius 2 is 1.84 bits per heavy atom. The fourth-order valence-electron chi connectivity index (χ4n) is 3.42. The van der Waals surface area contributed by atoms with Crippen LogP contribution >= 0.6 is 12.2 Å². The number of hydrogen-bond acceptors (Lipinski definition) is 2. The lowest BCUT2D eigenvalue weighted by Gasteiger charge is -2.28. The Bertz CT molecular complexity index is 886. The summed E-state index contributed by atoms with van der Waals surface area (Å²) in [4.78, 5) is 6.77. The average molecular weight is 348 g/mol. The third-order valence-corrected chi connectivity index (χ3v) is 5.01. The molecule has 0 radical (unpaired) electrons. The zero-order valence-corrected chi connectivity index (χ0v) is 15.1. The Morgan fingerprint density at radius 3 is 2.48 bits per heavy atom. The number of anilines is 1. The highest BCUT2D eigenvalue weighted by Crippen LogP contribution is 2.41. The molecule has 126 valence electrons. The summed E-state index contributed by atoms with van der Waals surface area (Å²) >= 11 is 5.70. The third kappa shape index (κ3) is 2.81. The quantitative estimate of drug-likeness (QED) is 0.728. The van der Waals surface area contributed by atoms with Crippen molar-refractivity contribution in [1.29, 1.82) is 0 Å². The first-order chi connectivity index (χ1) is 12.1. The Balaban J connectivity index is 1.83. The molecule has 4 nitrogen and oxygen atoms in total. The summed E-state index contributed by atoms with van der Waals surface area (Å²) in [5.74, 6) is 0. The first-order valence-corrected chi connectivity index (χ1v) is 8.74. The van der Waals surface area contributed by atoms with Crippen molar-refractivity contribution in [3.05, 3.63) is 83.9 Å². The predicted molar refractivity (Wildman–Crippen MR) is 105 cm³/mol. The van der Waals surface area contributed by atoms with Gasteiger partial charge in [0, 0.05) is 30.8 Å². The van der Waals surface area contributed by atoms with Gasteiger partial charge in [-0.25, -0.2) is 0 Å². The second-order valence-corrected chi connectivity index (χ2v) is 6.76. The van der Waals surface area contributed by atoms with Crippen molar-refractivity contribution < 1.29 is 0 Å². The molecule has 1 saturated heterocycles. The molecule has 0 saturated carbocycles. The van der Waals surface area contributed by atoms with E-state index in [-0.39, 0.29) is 12.1 Å². The second kappa shape index (κ2) is 6.33. The maximum absolute atomic E-state index is 5.70. The average Bonchev–Trinajstić information content (AvgIpc) is 3.19. The first-order valence-electron chi connectivity index (χ1n) is 8.34. The minimum Gasteiger partial charge on any atom is -0.353 e. The van der Waals surface area contributed by atoms with E-state index >= 15 is 0 Å².